The third-order valence-electron chi connectivity index (χ3n) is 2.51. The zero-order chi connectivity index (χ0) is 12.3. The fraction of sp³-hybridized carbons (Fsp3) is 0.333. The summed E-state index contributed by atoms with van der Waals surface area (Å²) in [6, 6.07) is 5.55. The van der Waals surface area contributed by atoms with Gasteiger partial charge < -0.3 is 9.47 Å². The fourth-order valence-electron chi connectivity index (χ4n) is 1.56. The number of rotatable bonds is 4. The lowest BCUT2D eigenvalue weighted by molar-refractivity contribution is 0.404. The topological polar surface area (TPSA) is 60.0 Å². The Hall–Kier alpha value is -2.04. The predicted octanol–water partition coefficient (Wildman–Crippen LogP) is 2.05. The van der Waals surface area contributed by atoms with E-state index in [1.807, 2.05) is 25.1 Å². The normalized spacial score (nSPS) is 10.3. The van der Waals surface area contributed by atoms with Crippen molar-refractivity contribution in [1.29, 1.82) is 0 Å². The first-order chi connectivity index (χ1) is 8.28. The quantitative estimate of drug-likeness (QED) is 0.878. The molecular weight excluding hydrogens is 218 g/mol. The Labute approximate surface area is 99.8 Å². The smallest absolute Gasteiger partial charge is 0.185 e. The number of ether oxygens (including phenoxy) is 2. The highest BCUT2D eigenvalue weighted by Crippen LogP contribution is 2.31. The Morgan fingerprint density at radius 1 is 1.24 bits per heavy atom. The first kappa shape index (κ1) is 11.4. The summed E-state index contributed by atoms with van der Waals surface area (Å²) in [6.07, 6.45) is 0.819. The molecule has 0 amide bonds. The van der Waals surface area contributed by atoms with Crippen molar-refractivity contribution in [3.05, 3.63) is 24.0 Å². The van der Waals surface area contributed by atoms with Gasteiger partial charge in [0.15, 0.2) is 5.82 Å². The van der Waals surface area contributed by atoms with Gasteiger partial charge in [0.1, 0.15) is 17.3 Å². The van der Waals surface area contributed by atoms with Gasteiger partial charge in [-0.3, -0.25) is 5.10 Å². The van der Waals surface area contributed by atoms with Crippen molar-refractivity contribution in [1.82, 2.24) is 15.2 Å². The first-order valence-electron chi connectivity index (χ1n) is 5.42. The van der Waals surface area contributed by atoms with Gasteiger partial charge in [0.2, 0.25) is 0 Å². The summed E-state index contributed by atoms with van der Waals surface area (Å²) in [6.45, 7) is 2.02. The molecule has 0 fully saturated rings. The minimum atomic E-state index is 0.623. The lowest BCUT2D eigenvalue weighted by Gasteiger charge is -2.07. The summed E-state index contributed by atoms with van der Waals surface area (Å²) in [5.74, 6) is 2.96. The summed E-state index contributed by atoms with van der Waals surface area (Å²) >= 11 is 0. The highest BCUT2D eigenvalue weighted by molar-refractivity contribution is 5.66. The Bertz CT molecular complexity index is 508. The van der Waals surface area contributed by atoms with E-state index in [1.54, 1.807) is 14.2 Å². The molecule has 1 aromatic carbocycles. The number of hydrogen-bond donors (Lipinski definition) is 1. The minimum absolute atomic E-state index is 0.623. The Kier molecular flexibility index (Phi) is 3.27. The maximum atomic E-state index is 5.29. The van der Waals surface area contributed by atoms with Gasteiger partial charge in [-0.05, 0) is 18.2 Å². The van der Waals surface area contributed by atoms with Crippen LogP contribution in [0.15, 0.2) is 18.2 Å². The van der Waals surface area contributed by atoms with Crippen LogP contribution in [0.25, 0.3) is 11.4 Å². The number of aromatic nitrogens is 3. The first-order valence-corrected chi connectivity index (χ1v) is 5.42. The zero-order valence-corrected chi connectivity index (χ0v) is 10.2. The molecule has 0 unspecified atom stereocenters. The number of nitrogens with zero attached hydrogens (tertiary/aromatic N) is 2. The van der Waals surface area contributed by atoms with Gasteiger partial charge in [0.05, 0.1) is 19.8 Å². The van der Waals surface area contributed by atoms with Gasteiger partial charge in [-0.25, -0.2) is 4.98 Å². The van der Waals surface area contributed by atoms with Gasteiger partial charge in [-0.1, -0.05) is 6.92 Å². The van der Waals surface area contributed by atoms with Crippen LogP contribution in [0.4, 0.5) is 0 Å². The Balaban J connectivity index is 2.47. The molecule has 2 aromatic rings. The number of nitrogens with one attached hydrogen (secondary N) is 1. The van der Waals surface area contributed by atoms with Crippen LogP contribution in [0.5, 0.6) is 11.5 Å². The van der Waals surface area contributed by atoms with Crippen LogP contribution >= 0.6 is 0 Å². The van der Waals surface area contributed by atoms with Crippen molar-refractivity contribution in [2.45, 2.75) is 13.3 Å². The lowest BCUT2D eigenvalue weighted by atomic mass is 10.2. The molecule has 0 aliphatic rings. The van der Waals surface area contributed by atoms with Gasteiger partial charge in [-0.2, -0.15) is 5.10 Å². The molecule has 1 aromatic heterocycles. The summed E-state index contributed by atoms with van der Waals surface area (Å²) < 4.78 is 10.5. The molecule has 90 valence electrons. The molecule has 0 atom stereocenters. The molecule has 0 aliphatic carbocycles. The van der Waals surface area contributed by atoms with E-state index in [0.29, 0.717) is 5.82 Å². The number of benzene rings is 1. The van der Waals surface area contributed by atoms with Crippen LogP contribution in [0.3, 0.4) is 0 Å². The fourth-order valence-corrected chi connectivity index (χ4v) is 1.56. The highest BCUT2D eigenvalue weighted by Gasteiger charge is 2.12. The molecule has 17 heavy (non-hydrogen) atoms. The third kappa shape index (κ3) is 2.22. The number of hydrogen-bond acceptors (Lipinski definition) is 4. The van der Waals surface area contributed by atoms with E-state index in [9.17, 15) is 0 Å². The molecule has 2 rings (SSSR count). The number of methoxy groups -OCH3 is 2. The summed E-state index contributed by atoms with van der Waals surface area (Å²) in [5.41, 5.74) is 0.822. The van der Waals surface area contributed by atoms with Crippen molar-refractivity contribution < 1.29 is 9.47 Å². The summed E-state index contributed by atoms with van der Waals surface area (Å²) in [4.78, 5) is 4.38. The molecule has 1 heterocycles. The van der Waals surface area contributed by atoms with Crippen LogP contribution < -0.4 is 9.47 Å². The molecule has 0 bridgehead atoms. The molecule has 0 saturated heterocycles. The monoisotopic (exact) mass is 233 g/mol. The summed E-state index contributed by atoms with van der Waals surface area (Å²) in [5, 5.41) is 7.05. The second-order valence-corrected chi connectivity index (χ2v) is 3.53. The predicted molar refractivity (Wildman–Crippen MR) is 64.3 cm³/mol. The van der Waals surface area contributed by atoms with Crippen molar-refractivity contribution >= 4 is 0 Å². The standard InChI is InChI=1S/C12H15N3O2/c1-4-11-13-12(15-14-11)9-7-8(16-2)5-6-10(9)17-3/h5-7H,4H2,1-3H3,(H,13,14,15). The van der Waals surface area contributed by atoms with Gasteiger partial charge in [-0.15, -0.1) is 0 Å². The van der Waals surface area contributed by atoms with E-state index in [-0.39, 0.29) is 0 Å². The van der Waals surface area contributed by atoms with Crippen LogP contribution in [0.1, 0.15) is 12.7 Å². The van der Waals surface area contributed by atoms with E-state index in [4.69, 9.17) is 9.47 Å². The molecule has 1 N–H and O–H groups in total. The van der Waals surface area contributed by atoms with Crippen LogP contribution in [-0.4, -0.2) is 29.4 Å². The maximum Gasteiger partial charge on any atom is 0.185 e. The molecule has 0 aliphatic heterocycles. The van der Waals surface area contributed by atoms with Crippen LogP contribution in [0.2, 0.25) is 0 Å². The number of aryl methyl sites for hydroxylation is 1. The Morgan fingerprint density at radius 3 is 2.65 bits per heavy atom. The molecular formula is C12H15N3O2. The Morgan fingerprint density at radius 2 is 2.06 bits per heavy atom. The van der Waals surface area contributed by atoms with E-state index >= 15 is 0 Å². The second-order valence-electron chi connectivity index (χ2n) is 3.53. The van der Waals surface area contributed by atoms with Crippen molar-refractivity contribution in [2.75, 3.05) is 14.2 Å². The second kappa shape index (κ2) is 4.86. The van der Waals surface area contributed by atoms with E-state index < -0.39 is 0 Å². The SMILES string of the molecule is CCc1nc(-c2cc(OC)ccc2OC)n[nH]1. The largest absolute Gasteiger partial charge is 0.497 e. The van der Waals surface area contributed by atoms with Crippen molar-refractivity contribution in [3.8, 4) is 22.9 Å². The number of H-pyrrole nitrogens is 1. The molecule has 0 saturated carbocycles. The van der Waals surface area contributed by atoms with Gasteiger partial charge >= 0.3 is 0 Å². The average Bonchev–Trinajstić information content (AvgIpc) is 2.86. The third-order valence-corrected chi connectivity index (χ3v) is 2.51. The van der Waals surface area contributed by atoms with Gasteiger partial charge in [0.25, 0.3) is 0 Å². The average molecular weight is 233 g/mol. The lowest BCUT2D eigenvalue weighted by Crippen LogP contribution is -1.91. The summed E-state index contributed by atoms with van der Waals surface area (Å²) in [7, 11) is 3.25. The van der Waals surface area contributed by atoms with E-state index in [1.165, 1.54) is 0 Å². The maximum absolute atomic E-state index is 5.29. The van der Waals surface area contributed by atoms with Crippen molar-refractivity contribution in [3.63, 3.8) is 0 Å². The molecule has 0 spiro atoms. The van der Waals surface area contributed by atoms with Gasteiger partial charge in [0, 0.05) is 6.42 Å². The van der Waals surface area contributed by atoms with E-state index in [0.717, 1.165) is 29.3 Å². The van der Waals surface area contributed by atoms with Crippen LogP contribution in [-0.2, 0) is 6.42 Å². The molecule has 5 nitrogen and oxygen atoms in total. The van der Waals surface area contributed by atoms with Crippen LogP contribution in [0, 0.1) is 0 Å². The zero-order valence-electron chi connectivity index (χ0n) is 10.2. The minimum Gasteiger partial charge on any atom is -0.497 e. The number of aromatic amines is 1. The molecule has 0 radical (unpaired) electrons. The highest BCUT2D eigenvalue weighted by atomic mass is 16.5. The molecule has 5 heteroatoms. The van der Waals surface area contributed by atoms with E-state index in [2.05, 4.69) is 15.2 Å². The van der Waals surface area contributed by atoms with Crippen molar-refractivity contribution in [2.24, 2.45) is 0 Å².